The van der Waals surface area contributed by atoms with Gasteiger partial charge in [-0.25, -0.2) is 0 Å². The Balaban J connectivity index is 1.50. The van der Waals surface area contributed by atoms with Gasteiger partial charge in [-0.15, -0.1) is 0 Å². The van der Waals surface area contributed by atoms with Crippen molar-refractivity contribution in [3.05, 3.63) is 24.2 Å². The first-order valence-corrected chi connectivity index (χ1v) is 10.6. The quantitative estimate of drug-likeness (QED) is 0.596. The second kappa shape index (κ2) is 9.96. The molecular formula is C21H35N5O2. The maximum absolute atomic E-state index is 12.4. The molecule has 1 aromatic rings. The van der Waals surface area contributed by atoms with Crippen LogP contribution >= 0.6 is 0 Å². The van der Waals surface area contributed by atoms with E-state index in [-0.39, 0.29) is 5.91 Å². The normalized spacial score (nSPS) is 20.1. The van der Waals surface area contributed by atoms with Crippen molar-refractivity contribution in [2.45, 2.75) is 39.2 Å². The minimum Gasteiger partial charge on any atom is -0.459 e. The Morgan fingerprint density at radius 1 is 1.14 bits per heavy atom. The number of carbonyl (C=O) groups excluding carboxylic acids is 1. The molecule has 0 saturated carbocycles. The maximum Gasteiger partial charge on any atom is 0.289 e. The molecule has 1 amide bonds. The number of hydrogen-bond donors (Lipinski definition) is 1. The third-order valence-corrected chi connectivity index (χ3v) is 5.71. The number of amides is 1. The zero-order valence-electron chi connectivity index (χ0n) is 17.6. The molecule has 156 valence electrons. The van der Waals surface area contributed by atoms with Crippen LogP contribution in [0.1, 0.15) is 43.7 Å². The van der Waals surface area contributed by atoms with E-state index < -0.39 is 0 Å². The van der Waals surface area contributed by atoms with Crippen LogP contribution in [0.25, 0.3) is 0 Å². The topological polar surface area (TPSA) is 64.3 Å². The number of hydrogen-bond acceptors (Lipinski definition) is 4. The highest BCUT2D eigenvalue weighted by molar-refractivity contribution is 5.91. The molecule has 2 aliphatic rings. The molecule has 1 N–H and O–H groups in total. The summed E-state index contributed by atoms with van der Waals surface area (Å²) in [5, 5.41) is 3.61. The minimum atomic E-state index is -0.0290. The van der Waals surface area contributed by atoms with Gasteiger partial charge in [0.2, 0.25) is 0 Å². The van der Waals surface area contributed by atoms with Crippen molar-refractivity contribution < 1.29 is 9.21 Å². The molecule has 1 unspecified atom stereocenters. The van der Waals surface area contributed by atoms with Crippen molar-refractivity contribution >= 4 is 11.9 Å². The Bertz CT molecular complexity index is 629. The number of aliphatic imine (C=N–C) groups is 1. The molecule has 0 aromatic carbocycles. The number of rotatable bonds is 6. The first-order valence-electron chi connectivity index (χ1n) is 10.6. The molecule has 28 heavy (non-hydrogen) atoms. The van der Waals surface area contributed by atoms with E-state index >= 15 is 0 Å². The fraction of sp³-hybridized carbons (Fsp3) is 0.714. The number of furan rings is 1. The lowest BCUT2D eigenvalue weighted by molar-refractivity contribution is 0.0657. The Labute approximate surface area is 168 Å². The van der Waals surface area contributed by atoms with Crippen LogP contribution in [0.4, 0.5) is 0 Å². The van der Waals surface area contributed by atoms with Crippen LogP contribution in [0.3, 0.4) is 0 Å². The van der Waals surface area contributed by atoms with E-state index in [1.54, 1.807) is 18.4 Å². The van der Waals surface area contributed by atoms with Gasteiger partial charge in [-0.2, -0.15) is 0 Å². The van der Waals surface area contributed by atoms with E-state index in [1.807, 2.05) is 11.9 Å². The van der Waals surface area contributed by atoms with Crippen molar-refractivity contribution in [3.8, 4) is 0 Å². The molecule has 3 heterocycles. The SMILES string of the molecule is CN=C(NCC(CC(C)C)N1CCCC1)N1CCN(C(=O)c2ccco2)CC1. The number of likely N-dealkylation sites (tertiary alicyclic amines) is 1. The number of piperazine rings is 1. The van der Waals surface area contributed by atoms with Crippen LogP contribution in [-0.2, 0) is 0 Å². The first-order chi connectivity index (χ1) is 13.6. The first kappa shape index (κ1) is 20.7. The third kappa shape index (κ3) is 5.28. The molecule has 7 nitrogen and oxygen atoms in total. The summed E-state index contributed by atoms with van der Waals surface area (Å²) in [6, 6.07) is 4.03. The van der Waals surface area contributed by atoms with Gasteiger partial charge in [0.15, 0.2) is 11.7 Å². The largest absolute Gasteiger partial charge is 0.459 e. The van der Waals surface area contributed by atoms with E-state index in [2.05, 4.69) is 34.0 Å². The molecule has 3 rings (SSSR count). The van der Waals surface area contributed by atoms with Crippen LogP contribution in [0, 0.1) is 5.92 Å². The highest BCUT2D eigenvalue weighted by Crippen LogP contribution is 2.17. The predicted octanol–water partition coefficient (Wildman–Crippen LogP) is 2.12. The molecule has 0 radical (unpaired) electrons. The Morgan fingerprint density at radius 2 is 1.82 bits per heavy atom. The van der Waals surface area contributed by atoms with E-state index in [0.29, 0.717) is 30.8 Å². The molecule has 1 aromatic heterocycles. The van der Waals surface area contributed by atoms with Gasteiger partial charge in [0, 0.05) is 45.8 Å². The van der Waals surface area contributed by atoms with Crippen molar-refractivity contribution in [3.63, 3.8) is 0 Å². The van der Waals surface area contributed by atoms with Crippen LogP contribution in [0.5, 0.6) is 0 Å². The van der Waals surface area contributed by atoms with E-state index in [4.69, 9.17) is 4.42 Å². The fourth-order valence-corrected chi connectivity index (χ4v) is 4.23. The average molecular weight is 390 g/mol. The summed E-state index contributed by atoms with van der Waals surface area (Å²) in [6.45, 7) is 10.9. The fourth-order valence-electron chi connectivity index (χ4n) is 4.23. The van der Waals surface area contributed by atoms with E-state index in [1.165, 1.54) is 32.4 Å². The molecule has 2 saturated heterocycles. The maximum atomic E-state index is 12.4. The predicted molar refractivity (Wildman–Crippen MR) is 112 cm³/mol. The smallest absolute Gasteiger partial charge is 0.289 e. The van der Waals surface area contributed by atoms with Gasteiger partial charge < -0.3 is 19.5 Å². The molecule has 1 atom stereocenters. The zero-order chi connectivity index (χ0) is 19.9. The zero-order valence-corrected chi connectivity index (χ0v) is 17.6. The van der Waals surface area contributed by atoms with Gasteiger partial charge in [-0.3, -0.25) is 14.7 Å². The van der Waals surface area contributed by atoms with Crippen LogP contribution in [-0.4, -0.2) is 85.5 Å². The molecule has 0 spiro atoms. The standard InChI is InChI=1S/C21H35N5O2/c1-17(2)15-18(24-8-4-5-9-24)16-23-21(22-3)26-12-10-25(11-13-26)20(27)19-7-6-14-28-19/h6-7,14,17-18H,4-5,8-13,15-16H2,1-3H3,(H,22,23). The number of guanidine groups is 1. The van der Waals surface area contributed by atoms with Crippen molar-refractivity contribution in [2.24, 2.45) is 10.9 Å². The van der Waals surface area contributed by atoms with E-state index in [9.17, 15) is 4.79 Å². The summed E-state index contributed by atoms with van der Waals surface area (Å²) >= 11 is 0. The lowest BCUT2D eigenvalue weighted by Crippen LogP contribution is -2.55. The highest BCUT2D eigenvalue weighted by Gasteiger charge is 2.27. The molecule has 0 aliphatic carbocycles. The summed E-state index contributed by atoms with van der Waals surface area (Å²) in [5.41, 5.74) is 0. The Hall–Kier alpha value is -2.02. The lowest BCUT2D eigenvalue weighted by Gasteiger charge is -2.37. The number of carbonyl (C=O) groups is 1. The number of nitrogens with one attached hydrogen (secondary N) is 1. The summed E-state index contributed by atoms with van der Waals surface area (Å²) in [4.78, 5) is 23.7. The van der Waals surface area contributed by atoms with Crippen LogP contribution in [0.15, 0.2) is 27.8 Å². The van der Waals surface area contributed by atoms with Crippen LogP contribution in [0.2, 0.25) is 0 Å². The summed E-state index contributed by atoms with van der Waals surface area (Å²) in [7, 11) is 1.84. The minimum absolute atomic E-state index is 0.0290. The van der Waals surface area contributed by atoms with Gasteiger partial charge in [-0.1, -0.05) is 13.8 Å². The average Bonchev–Trinajstić information content (AvgIpc) is 3.41. The Kier molecular flexibility index (Phi) is 7.36. The van der Waals surface area contributed by atoms with Crippen molar-refractivity contribution in [1.29, 1.82) is 0 Å². The second-order valence-electron chi connectivity index (χ2n) is 8.21. The molecule has 2 aliphatic heterocycles. The van der Waals surface area contributed by atoms with Gasteiger partial charge in [0.05, 0.1) is 6.26 Å². The molecule has 2 fully saturated rings. The summed E-state index contributed by atoms with van der Waals surface area (Å²) in [6.07, 6.45) is 5.38. The van der Waals surface area contributed by atoms with Crippen molar-refractivity contribution in [2.75, 3.05) is 52.9 Å². The van der Waals surface area contributed by atoms with Gasteiger partial charge in [-0.05, 0) is 50.4 Å². The number of nitrogens with zero attached hydrogens (tertiary/aromatic N) is 4. The van der Waals surface area contributed by atoms with E-state index in [0.717, 1.165) is 25.6 Å². The van der Waals surface area contributed by atoms with Crippen molar-refractivity contribution in [1.82, 2.24) is 20.0 Å². The molecule has 7 heteroatoms. The summed E-state index contributed by atoms with van der Waals surface area (Å²) < 4.78 is 5.24. The molecule has 0 bridgehead atoms. The van der Waals surface area contributed by atoms with Gasteiger partial charge in [0.1, 0.15) is 0 Å². The Morgan fingerprint density at radius 3 is 2.39 bits per heavy atom. The highest BCUT2D eigenvalue weighted by atomic mass is 16.3. The molecular weight excluding hydrogens is 354 g/mol. The monoisotopic (exact) mass is 389 g/mol. The van der Waals surface area contributed by atoms with Gasteiger partial charge >= 0.3 is 0 Å². The van der Waals surface area contributed by atoms with Crippen LogP contribution < -0.4 is 5.32 Å². The lowest BCUT2D eigenvalue weighted by atomic mass is 10.0. The summed E-state index contributed by atoms with van der Waals surface area (Å²) in [5.74, 6) is 2.01. The second-order valence-corrected chi connectivity index (χ2v) is 8.21. The van der Waals surface area contributed by atoms with Gasteiger partial charge in [0.25, 0.3) is 5.91 Å². The third-order valence-electron chi connectivity index (χ3n) is 5.71.